The molecule has 1 atom stereocenters. The second-order valence-electron chi connectivity index (χ2n) is 2.15. The summed E-state index contributed by atoms with van der Waals surface area (Å²) in [4.78, 5) is 14.3. The van der Waals surface area contributed by atoms with Crippen LogP contribution in [0.25, 0.3) is 0 Å². The minimum Gasteiger partial charge on any atom is -0.302 e. The maximum atomic E-state index is 10.7. The zero-order valence-corrected chi connectivity index (χ0v) is 7.15. The molecule has 1 aromatic carbocycles. The minimum atomic E-state index is -2.07. The Balaban J connectivity index is 2.93. The summed E-state index contributed by atoms with van der Waals surface area (Å²) < 4.78 is 19.1. The first-order valence-corrected chi connectivity index (χ1v) is 4.32. The van der Waals surface area contributed by atoms with Crippen molar-refractivity contribution in [2.24, 2.45) is 0 Å². The molecule has 6 heteroatoms. The molecule has 0 radical (unpaired) electrons. The van der Waals surface area contributed by atoms with Gasteiger partial charge in [-0.3, -0.25) is 4.89 Å². The lowest BCUT2D eigenvalue weighted by Crippen LogP contribution is -2.01. The van der Waals surface area contributed by atoms with Gasteiger partial charge in [0.25, 0.3) is 0 Å². The third kappa shape index (κ3) is 2.35. The van der Waals surface area contributed by atoms with Crippen molar-refractivity contribution >= 4 is 17.0 Å². The molecule has 0 fully saturated rings. The van der Waals surface area contributed by atoms with E-state index in [1.807, 2.05) is 0 Å². The Bertz CT molecular complexity index is 331. The van der Waals surface area contributed by atoms with Gasteiger partial charge in [0.05, 0.1) is 10.5 Å². The van der Waals surface area contributed by atoms with Crippen LogP contribution in [0.2, 0.25) is 0 Å². The fraction of sp³-hybridized carbons (Fsp3) is 0. The summed E-state index contributed by atoms with van der Waals surface area (Å²) in [6.07, 6.45) is 0. The summed E-state index contributed by atoms with van der Waals surface area (Å²) in [5.74, 6) is -0.907. The molecule has 0 heterocycles. The molecule has 0 aromatic heterocycles. The average molecular weight is 202 g/mol. The smallest absolute Gasteiger partial charge is 0.302 e. The van der Waals surface area contributed by atoms with Crippen LogP contribution in [-0.4, -0.2) is 20.0 Å². The van der Waals surface area contributed by atoms with E-state index in [0.29, 0.717) is 0 Å². The van der Waals surface area contributed by atoms with Crippen LogP contribution in [0.15, 0.2) is 29.2 Å². The van der Waals surface area contributed by atoms with Gasteiger partial charge in [-0.25, -0.2) is 9.00 Å². The van der Waals surface area contributed by atoms with Crippen molar-refractivity contribution in [2.75, 3.05) is 0 Å². The zero-order chi connectivity index (χ0) is 9.84. The molecule has 1 aromatic rings. The van der Waals surface area contributed by atoms with Gasteiger partial charge in [0.2, 0.25) is 0 Å². The predicted molar refractivity (Wildman–Crippen MR) is 43.5 cm³/mol. The van der Waals surface area contributed by atoms with Crippen LogP contribution in [0.5, 0.6) is 0 Å². The monoisotopic (exact) mass is 202 g/mol. The van der Waals surface area contributed by atoms with E-state index in [9.17, 15) is 9.00 Å². The van der Waals surface area contributed by atoms with Crippen LogP contribution in [0.1, 0.15) is 10.4 Å². The molecule has 2 N–H and O–H groups in total. The van der Waals surface area contributed by atoms with E-state index in [4.69, 9.17) is 9.81 Å². The normalized spacial score (nSPS) is 12.2. The second kappa shape index (κ2) is 4.13. The van der Waals surface area contributed by atoms with E-state index in [2.05, 4.69) is 4.89 Å². The second-order valence-corrected chi connectivity index (χ2v) is 3.12. The Morgan fingerprint density at radius 3 is 2.23 bits per heavy atom. The lowest BCUT2D eigenvalue weighted by Gasteiger charge is -1.97. The number of hydrogen-bond donors (Lipinski definition) is 2. The molecular weight excluding hydrogens is 196 g/mol. The van der Waals surface area contributed by atoms with Gasteiger partial charge in [-0.15, -0.1) is 0 Å². The first kappa shape index (κ1) is 9.85. The van der Waals surface area contributed by atoms with Crippen LogP contribution in [-0.2, 0) is 16.0 Å². The lowest BCUT2D eigenvalue weighted by atomic mass is 10.2. The highest BCUT2D eigenvalue weighted by Crippen LogP contribution is 2.07. The van der Waals surface area contributed by atoms with Crippen molar-refractivity contribution in [3.8, 4) is 0 Å². The van der Waals surface area contributed by atoms with Crippen molar-refractivity contribution in [2.45, 2.75) is 4.90 Å². The van der Waals surface area contributed by atoms with E-state index in [1.54, 1.807) is 0 Å². The van der Waals surface area contributed by atoms with Gasteiger partial charge >= 0.3 is 5.97 Å². The fourth-order valence-corrected chi connectivity index (χ4v) is 1.13. The number of rotatable bonds is 2. The molecule has 0 aliphatic rings. The van der Waals surface area contributed by atoms with Gasteiger partial charge in [0.1, 0.15) is 0 Å². The zero-order valence-electron chi connectivity index (χ0n) is 6.34. The van der Waals surface area contributed by atoms with E-state index in [0.717, 1.165) is 0 Å². The van der Waals surface area contributed by atoms with Crippen LogP contribution < -0.4 is 0 Å². The molecule has 1 unspecified atom stereocenters. The predicted octanol–water partition coefficient (Wildman–Crippen LogP) is 0.897. The summed E-state index contributed by atoms with van der Waals surface area (Å²) in [6, 6.07) is 5.15. The molecule has 0 aliphatic carbocycles. The first-order valence-electron chi connectivity index (χ1n) is 3.22. The van der Waals surface area contributed by atoms with E-state index >= 15 is 0 Å². The van der Waals surface area contributed by atoms with E-state index < -0.39 is 17.0 Å². The van der Waals surface area contributed by atoms with Crippen molar-refractivity contribution in [3.63, 3.8) is 0 Å². The Labute approximate surface area is 76.2 Å². The largest absolute Gasteiger partial charge is 0.372 e. The number of benzene rings is 1. The Morgan fingerprint density at radius 1 is 1.31 bits per heavy atom. The van der Waals surface area contributed by atoms with Gasteiger partial charge in [0, 0.05) is 0 Å². The van der Waals surface area contributed by atoms with Gasteiger partial charge in [0.15, 0.2) is 11.1 Å². The molecule has 0 spiro atoms. The molecule has 0 aliphatic heterocycles. The molecule has 1 rings (SSSR count). The number of carbonyl (C=O) groups excluding carboxylic acids is 1. The summed E-state index contributed by atoms with van der Waals surface area (Å²) >= 11 is -2.07. The molecule has 0 amide bonds. The van der Waals surface area contributed by atoms with Crippen molar-refractivity contribution in [3.05, 3.63) is 29.8 Å². The molecule has 0 saturated heterocycles. The summed E-state index contributed by atoms with van der Waals surface area (Å²) in [6.45, 7) is 0. The average Bonchev–Trinajstić information content (AvgIpc) is 2.17. The highest BCUT2D eigenvalue weighted by molar-refractivity contribution is 7.79. The van der Waals surface area contributed by atoms with Gasteiger partial charge in [-0.1, -0.05) is 0 Å². The SMILES string of the molecule is O=C(OO)c1ccc(S(=O)O)cc1. The number of hydrogen-bond acceptors (Lipinski definition) is 4. The standard InChI is InChI=1S/C7H6O5S/c8-7(12-9)5-1-3-6(4-2-5)13(10)11/h1-4,9H,(H,10,11). The summed E-state index contributed by atoms with van der Waals surface area (Å²) in [5.41, 5.74) is 0.108. The van der Waals surface area contributed by atoms with Gasteiger partial charge < -0.3 is 4.55 Å². The maximum absolute atomic E-state index is 10.7. The Hall–Kier alpha value is -1.24. The van der Waals surface area contributed by atoms with Crippen molar-refractivity contribution < 1.29 is 23.7 Å². The summed E-state index contributed by atoms with van der Waals surface area (Å²) in [7, 11) is 0. The first-order chi connectivity index (χ1) is 6.15. The highest BCUT2D eigenvalue weighted by atomic mass is 32.2. The van der Waals surface area contributed by atoms with Crippen molar-refractivity contribution in [1.29, 1.82) is 0 Å². The van der Waals surface area contributed by atoms with Crippen LogP contribution in [0.3, 0.4) is 0 Å². The number of carbonyl (C=O) groups is 1. The molecule has 13 heavy (non-hydrogen) atoms. The van der Waals surface area contributed by atoms with Crippen molar-refractivity contribution in [1.82, 2.24) is 0 Å². The van der Waals surface area contributed by atoms with Gasteiger partial charge in [-0.2, -0.15) is 5.26 Å². The minimum absolute atomic E-state index is 0.108. The fourth-order valence-electron chi connectivity index (χ4n) is 0.760. The van der Waals surface area contributed by atoms with E-state index in [-0.39, 0.29) is 10.5 Å². The maximum Gasteiger partial charge on any atom is 0.372 e. The highest BCUT2D eigenvalue weighted by Gasteiger charge is 2.07. The molecule has 5 nitrogen and oxygen atoms in total. The van der Waals surface area contributed by atoms with E-state index in [1.165, 1.54) is 24.3 Å². The molecule has 0 saturated carbocycles. The topological polar surface area (TPSA) is 83.8 Å². The quantitative estimate of drug-likeness (QED) is 0.423. The molecule has 0 bridgehead atoms. The van der Waals surface area contributed by atoms with Crippen LogP contribution in [0, 0.1) is 0 Å². The lowest BCUT2D eigenvalue weighted by molar-refractivity contribution is -0.182. The van der Waals surface area contributed by atoms with Crippen LogP contribution >= 0.6 is 0 Å². The molecular formula is C7H6O5S. The van der Waals surface area contributed by atoms with Gasteiger partial charge in [-0.05, 0) is 24.3 Å². The summed E-state index contributed by atoms with van der Waals surface area (Å²) in [5, 5.41) is 8.01. The molecule has 70 valence electrons. The Morgan fingerprint density at radius 2 is 1.85 bits per heavy atom. The Kier molecular flexibility index (Phi) is 3.13. The third-order valence-corrected chi connectivity index (χ3v) is 2.05. The van der Waals surface area contributed by atoms with Crippen LogP contribution in [0.4, 0.5) is 0 Å². The third-order valence-electron chi connectivity index (χ3n) is 1.37.